The zero-order valence-electron chi connectivity index (χ0n) is 17.9. The van der Waals surface area contributed by atoms with Crippen molar-refractivity contribution in [3.8, 4) is 11.5 Å². The number of aryl methyl sites for hydroxylation is 1. The van der Waals surface area contributed by atoms with E-state index in [9.17, 15) is 14.4 Å². The van der Waals surface area contributed by atoms with Crippen molar-refractivity contribution in [3.05, 3.63) is 57.6 Å². The summed E-state index contributed by atoms with van der Waals surface area (Å²) < 4.78 is 11.0. The van der Waals surface area contributed by atoms with Gasteiger partial charge in [-0.1, -0.05) is 23.7 Å². The number of imide groups is 2. The monoisotopic (exact) mass is 442 g/mol. The Hall–Kier alpha value is -3.32. The number of anilines is 1. The maximum atomic E-state index is 13.2. The van der Waals surface area contributed by atoms with Crippen LogP contribution in [0.3, 0.4) is 0 Å². The molecule has 1 fully saturated rings. The molecule has 0 saturated carbocycles. The highest BCUT2D eigenvalue weighted by Crippen LogP contribution is 2.38. The number of benzene rings is 2. The van der Waals surface area contributed by atoms with Crippen LogP contribution in [0.25, 0.3) is 6.08 Å². The van der Waals surface area contributed by atoms with E-state index in [0.717, 1.165) is 16.0 Å². The fourth-order valence-electron chi connectivity index (χ4n) is 3.19. The summed E-state index contributed by atoms with van der Waals surface area (Å²) in [6, 6.07) is 7.66. The molecule has 1 aliphatic rings. The number of carbonyl (C=O) groups is 3. The Bertz CT molecular complexity index is 1110. The molecule has 0 aromatic heterocycles. The molecule has 2 aromatic rings. The third kappa shape index (κ3) is 4.41. The summed E-state index contributed by atoms with van der Waals surface area (Å²) in [5.74, 6) is -0.777. The molecule has 0 spiro atoms. The van der Waals surface area contributed by atoms with E-state index in [1.54, 1.807) is 24.3 Å². The second-order valence-electron chi connectivity index (χ2n) is 7.38. The Labute approximate surface area is 185 Å². The largest absolute Gasteiger partial charge is 0.493 e. The first-order valence-corrected chi connectivity index (χ1v) is 10.0. The summed E-state index contributed by atoms with van der Waals surface area (Å²) in [4.78, 5) is 39.0. The smallest absolute Gasteiger partial charge is 0.335 e. The SMILES string of the molecule is COc1cc(/C=C2\C(=O)NC(=O)N(c3cccc(C)c3C)C2=O)cc(Cl)c1OC(C)C. The Morgan fingerprint density at radius 1 is 1.13 bits per heavy atom. The van der Waals surface area contributed by atoms with Crippen LogP contribution in [-0.4, -0.2) is 31.1 Å². The fraction of sp³-hybridized carbons (Fsp3) is 0.261. The molecular formula is C23H23ClN2O5. The van der Waals surface area contributed by atoms with Crippen molar-refractivity contribution in [2.24, 2.45) is 0 Å². The second kappa shape index (κ2) is 8.81. The van der Waals surface area contributed by atoms with Crippen molar-refractivity contribution >= 4 is 41.2 Å². The number of amides is 4. The van der Waals surface area contributed by atoms with Gasteiger partial charge in [-0.3, -0.25) is 14.9 Å². The van der Waals surface area contributed by atoms with Crippen LogP contribution in [0.15, 0.2) is 35.9 Å². The minimum Gasteiger partial charge on any atom is -0.493 e. The molecular weight excluding hydrogens is 420 g/mol. The van der Waals surface area contributed by atoms with Gasteiger partial charge in [0, 0.05) is 0 Å². The van der Waals surface area contributed by atoms with E-state index in [-0.39, 0.29) is 16.7 Å². The molecule has 1 heterocycles. The van der Waals surface area contributed by atoms with E-state index in [1.165, 1.54) is 13.2 Å². The molecule has 1 aliphatic heterocycles. The summed E-state index contributed by atoms with van der Waals surface area (Å²) in [5.41, 5.74) is 2.34. The van der Waals surface area contributed by atoms with Gasteiger partial charge >= 0.3 is 6.03 Å². The van der Waals surface area contributed by atoms with E-state index < -0.39 is 17.8 Å². The van der Waals surface area contributed by atoms with E-state index in [0.29, 0.717) is 22.7 Å². The molecule has 3 rings (SSSR count). The highest BCUT2D eigenvalue weighted by molar-refractivity contribution is 6.39. The number of urea groups is 1. The quantitative estimate of drug-likeness (QED) is 0.547. The Morgan fingerprint density at radius 3 is 2.48 bits per heavy atom. The van der Waals surface area contributed by atoms with Gasteiger partial charge in [0.2, 0.25) is 0 Å². The molecule has 0 atom stereocenters. The second-order valence-corrected chi connectivity index (χ2v) is 7.78. The van der Waals surface area contributed by atoms with Crippen LogP contribution in [0.1, 0.15) is 30.5 Å². The number of hydrogen-bond acceptors (Lipinski definition) is 5. The first kappa shape index (κ1) is 22.4. The van der Waals surface area contributed by atoms with Crippen LogP contribution >= 0.6 is 11.6 Å². The minimum atomic E-state index is -0.794. The average molecular weight is 443 g/mol. The number of barbiturate groups is 1. The number of methoxy groups -OCH3 is 1. The van der Waals surface area contributed by atoms with Gasteiger partial charge in [0.15, 0.2) is 11.5 Å². The number of hydrogen-bond donors (Lipinski definition) is 1. The third-order valence-electron chi connectivity index (χ3n) is 4.83. The van der Waals surface area contributed by atoms with E-state index in [1.807, 2.05) is 33.8 Å². The van der Waals surface area contributed by atoms with Gasteiger partial charge in [-0.05, 0) is 68.7 Å². The maximum absolute atomic E-state index is 13.2. The van der Waals surface area contributed by atoms with E-state index in [4.69, 9.17) is 21.1 Å². The van der Waals surface area contributed by atoms with E-state index >= 15 is 0 Å². The van der Waals surface area contributed by atoms with Crippen LogP contribution in [0.2, 0.25) is 5.02 Å². The van der Waals surface area contributed by atoms with Crippen LogP contribution in [0, 0.1) is 13.8 Å². The summed E-state index contributed by atoms with van der Waals surface area (Å²) in [6.07, 6.45) is 1.24. The van der Waals surface area contributed by atoms with E-state index in [2.05, 4.69) is 5.32 Å². The predicted octanol–water partition coefficient (Wildman–Crippen LogP) is 4.42. The van der Waals surface area contributed by atoms with Crippen molar-refractivity contribution in [2.45, 2.75) is 33.8 Å². The van der Waals surface area contributed by atoms with Gasteiger partial charge in [-0.2, -0.15) is 0 Å². The fourth-order valence-corrected chi connectivity index (χ4v) is 3.46. The molecule has 31 heavy (non-hydrogen) atoms. The lowest BCUT2D eigenvalue weighted by Gasteiger charge is -2.28. The zero-order chi connectivity index (χ0) is 22.9. The van der Waals surface area contributed by atoms with Crippen LogP contribution in [0.4, 0.5) is 10.5 Å². The molecule has 1 saturated heterocycles. The summed E-state index contributed by atoms with van der Waals surface area (Å²) in [6.45, 7) is 7.40. The van der Waals surface area contributed by atoms with Crippen molar-refractivity contribution in [3.63, 3.8) is 0 Å². The lowest BCUT2D eigenvalue weighted by molar-refractivity contribution is -0.122. The highest BCUT2D eigenvalue weighted by atomic mass is 35.5. The molecule has 0 radical (unpaired) electrons. The van der Waals surface area contributed by atoms with Gasteiger partial charge < -0.3 is 9.47 Å². The molecule has 0 bridgehead atoms. The Morgan fingerprint density at radius 2 is 1.84 bits per heavy atom. The normalized spacial score (nSPS) is 15.5. The van der Waals surface area contributed by atoms with Gasteiger partial charge in [-0.25, -0.2) is 9.69 Å². The van der Waals surface area contributed by atoms with Crippen molar-refractivity contribution in [2.75, 3.05) is 12.0 Å². The molecule has 4 amide bonds. The number of nitrogens with zero attached hydrogens (tertiary/aromatic N) is 1. The standard InChI is InChI=1S/C23H23ClN2O5/c1-12(2)31-20-17(24)10-15(11-19(20)30-5)9-16-21(27)25-23(29)26(22(16)28)18-8-6-7-13(3)14(18)4/h6-12H,1-5H3,(H,25,27,29)/b16-9+. The number of rotatable bonds is 5. The van der Waals surface area contributed by atoms with Crippen LogP contribution in [-0.2, 0) is 9.59 Å². The average Bonchev–Trinajstić information content (AvgIpc) is 2.69. The maximum Gasteiger partial charge on any atom is 0.335 e. The molecule has 8 heteroatoms. The number of ether oxygens (including phenoxy) is 2. The van der Waals surface area contributed by atoms with Crippen molar-refractivity contribution in [1.29, 1.82) is 0 Å². The van der Waals surface area contributed by atoms with Crippen molar-refractivity contribution < 1.29 is 23.9 Å². The number of nitrogens with one attached hydrogen (secondary N) is 1. The molecule has 162 valence electrons. The topological polar surface area (TPSA) is 84.9 Å². The summed E-state index contributed by atoms with van der Waals surface area (Å²) in [7, 11) is 1.47. The van der Waals surface area contributed by atoms with Gasteiger partial charge in [0.1, 0.15) is 5.57 Å². The van der Waals surface area contributed by atoms with Crippen LogP contribution in [0.5, 0.6) is 11.5 Å². The van der Waals surface area contributed by atoms with Gasteiger partial charge in [-0.15, -0.1) is 0 Å². The molecule has 1 N–H and O–H groups in total. The lowest BCUT2D eigenvalue weighted by Crippen LogP contribution is -2.54. The van der Waals surface area contributed by atoms with Gasteiger partial charge in [0.05, 0.1) is 23.9 Å². The first-order chi connectivity index (χ1) is 14.6. The van der Waals surface area contributed by atoms with Crippen molar-refractivity contribution in [1.82, 2.24) is 5.32 Å². The predicted molar refractivity (Wildman–Crippen MR) is 119 cm³/mol. The number of halogens is 1. The molecule has 7 nitrogen and oxygen atoms in total. The summed E-state index contributed by atoms with van der Waals surface area (Å²) in [5, 5.41) is 2.50. The molecule has 2 aromatic carbocycles. The molecule has 0 aliphatic carbocycles. The molecule has 0 unspecified atom stereocenters. The third-order valence-corrected chi connectivity index (χ3v) is 5.12. The lowest BCUT2D eigenvalue weighted by atomic mass is 10.0. The first-order valence-electron chi connectivity index (χ1n) is 9.66. The summed E-state index contributed by atoms with van der Waals surface area (Å²) >= 11 is 6.35. The Balaban J connectivity index is 2.06. The minimum absolute atomic E-state index is 0.126. The van der Waals surface area contributed by atoms with Crippen LogP contribution < -0.4 is 19.7 Å². The Kier molecular flexibility index (Phi) is 6.36. The highest BCUT2D eigenvalue weighted by Gasteiger charge is 2.37. The zero-order valence-corrected chi connectivity index (χ0v) is 18.7. The number of carbonyl (C=O) groups excluding carboxylic acids is 3. The van der Waals surface area contributed by atoms with Gasteiger partial charge in [0.25, 0.3) is 11.8 Å².